The Bertz CT molecular complexity index is 1170. The number of nitrogens with zero attached hydrogens (tertiary/aromatic N) is 4. The maximum Gasteiger partial charge on any atom is 0.278 e. The van der Waals surface area contributed by atoms with Gasteiger partial charge in [-0.1, -0.05) is 24.3 Å². The van der Waals surface area contributed by atoms with Crippen LogP contribution in [-0.2, 0) is 13.0 Å². The lowest BCUT2D eigenvalue weighted by Crippen LogP contribution is -2.53. The molecule has 0 fully saturated rings. The van der Waals surface area contributed by atoms with Crippen LogP contribution in [0.2, 0.25) is 0 Å². The smallest absolute Gasteiger partial charge is 0.278 e. The number of allylic oxidation sites excluding steroid dienone is 1. The minimum atomic E-state index is -0.589. The van der Waals surface area contributed by atoms with E-state index in [4.69, 9.17) is 0 Å². The molecule has 0 unspecified atom stereocenters. The van der Waals surface area contributed by atoms with Crippen LogP contribution in [0.25, 0.3) is 0 Å². The van der Waals surface area contributed by atoms with Crippen molar-refractivity contribution >= 4 is 5.91 Å². The van der Waals surface area contributed by atoms with Crippen LogP contribution < -0.4 is 10.4 Å². The van der Waals surface area contributed by atoms with Crippen LogP contribution in [-0.4, -0.2) is 38.8 Å². The molecular weight excluding hydrogens is 411 g/mol. The number of amides is 1. The largest absolute Gasteiger partial charge is 0.502 e. The summed E-state index contributed by atoms with van der Waals surface area (Å²) in [5.74, 6) is -1.22. The second kappa shape index (κ2) is 9.47. The Balaban J connectivity index is 0.000000354. The quantitative estimate of drug-likeness (QED) is 0.551. The van der Waals surface area contributed by atoms with Gasteiger partial charge in [0.15, 0.2) is 11.4 Å². The third kappa shape index (κ3) is 4.54. The van der Waals surface area contributed by atoms with Crippen molar-refractivity contribution in [1.82, 2.24) is 14.6 Å². The first-order chi connectivity index (χ1) is 15.5. The van der Waals surface area contributed by atoms with Gasteiger partial charge in [0.25, 0.3) is 5.91 Å². The Kier molecular flexibility index (Phi) is 6.30. The number of rotatable bonds is 0. The maximum absolute atomic E-state index is 13.7. The summed E-state index contributed by atoms with van der Waals surface area (Å²) in [5.41, 5.74) is 1.22. The van der Waals surface area contributed by atoms with Crippen LogP contribution in [0.1, 0.15) is 28.0 Å². The average molecular weight is 434 g/mol. The summed E-state index contributed by atoms with van der Waals surface area (Å²) in [6, 6.07) is 11.7. The molecule has 8 heteroatoms. The van der Waals surface area contributed by atoms with Crippen molar-refractivity contribution in [3.8, 4) is 5.75 Å². The fourth-order valence-corrected chi connectivity index (χ4v) is 3.75. The first-order valence-electron chi connectivity index (χ1n) is 10.3. The van der Waals surface area contributed by atoms with Gasteiger partial charge in [-0.15, -0.1) is 0 Å². The number of aromatic nitrogens is 2. The molecule has 0 radical (unpaired) electrons. The van der Waals surface area contributed by atoms with E-state index in [9.17, 15) is 19.1 Å². The first kappa shape index (κ1) is 21.3. The SMILES string of the molecule is O=C1c2c(O)c(=O)ccn2N2Cc3ccc(F)cc3CC/C=C/CN1C2.c1ccncc1. The predicted molar refractivity (Wildman–Crippen MR) is 118 cm³/mol. The zero-order valence-electron chi connectivity index (χ0n) is 17.4. The third-order valence-corrected chi connectivity index (χ3v) is 5.34. The molecule has 5 rings (SSSR count). The summed E-state index contributed by atoms with van der Waals surface area (Å²) in [4.78, 5) is 29.9. The van der Waals surface area contributed by atoms with E-state index in [1.165, 1.54) is 29.1 Å². The molecule has 0 aliphatic carbocycles. The lowest BCUT2D eigenvalue weighted by atomic mass is 10.0. The highest BCUT2D eigenvalue weighted by molar-refractivity contribution is 5.96. The number of aromatic hydroxyl groups is 1. The van der Waals surface area contributed by atoms with E-state index in [1.54, 1.807) is 23.4 Å². The Hall–Kier alpha value is -3.94. The van der Waals surface area contributed by atoms with E-state index < -0.39 is 11.2 Å². The summed E-state index contributed by atoms with van der Waals surface area (Å²) < 4.78 is 15.2. The summed E-state index contributed by atoms with van der Waals surface area (Å²) >= 11 is 0. The molecule has 2 aliphatic rings. The van der Waals surface area contributed by atoms with Crippen LogP contribution in [0.4, 0.5) is 4.39 Å². The van der Waals surface area contributed by atoms with Crippen molar-refractivity contribution < 1.29 is 14.3 Å². The molecule has 0 saturated carbocycles. The molecule has 32 heavy (non-hydrogen) atoms. The van der Waals surface area contributed by atoms with E-state index in [0.29, 0.717) is 26.2 Å². The molecule has 1 amide bonds. The summed E-state index contributed by atoms with van der Waals surface area (Å²) in [7, 11) is 0. The number of carbonyl (C=O) groups excluding carboxylic acids is 1. The summed E-state index contributed by atoms with van der Waals surface area (Å²) in [6.07, 6.45) is 10.3. The van der Waals surface area contributed by atoms with E-state index >= 15 is 0 Å². The van der Waals surface area contributed by atoms with Gasteiger partial charge in [0.05, 0.1) is 6.54 Å². The molecule has 2 aromatic heterocycles. The van der Waals surface area contributed by atoms with Gasteiger partial charge in [0.2, 0.25) is 5.43 Å². The van der Waals surface area contributed by atoms with E-state index in [2.05, 4.69) is 4.98 Å². The standard InChI is InChI=1S/C19H18FN3O3.C5H5N/c20-15-6-5-14-11-22-12-21(8-3-1-2-4-13(14)10-15)19(26)17-18(25)16(24)7-9-23(17)22;1-2-4-6-5-3-1/h1,3,5-7,9-10,25H,2,4,8,11-12H2;1-5H/b3-1+;. The topological polar surface area (TPSA) is 78.7 Å². The molecule has 1 aromatic carbocycles. The molecule has 2 aliphatic heterocycles. The van der Waals surface area contributed by atoms with E-state index in [-0.39, 0.29) is 17.4 Å². The van der Waals surface area contributed by atoms with Gasteiger partial charge in [0.1, 0.15) is 12.5 Å². The zero-order valence-corrected chi connectivity index (χ0v) is 17.4. The molecule has 0 spiro atoms. The Morgan fingerprint density at radius 2 is 1.81 bits per heavy atom. The number of hydrogen-bond donors (Lipinski definition) is 1. The Morgan fingerprint density at radius 1 is 1.00 bits per heavy atom. The van der Waals surface area contributed by atoms with Crippen molar-refractivity contribution in [2.45, 2.75) is 19.4 Å². The lowest BCUT2D eigenvalue weighted by Gasteiger charge is -2.39. The second-order valence-electron chi connectivity index (χ2n) is 7.50. The normalized spacial score (nSPS) is 16.1. The second-order valence-corrected chi connectivity index (χ2v) is 7.50. The number of pyridine rings is 2. The van der Waals surface area contributed by atoms with Crippen molar-refractivity contribution in [2.75, 3.05) is 18.2 Å². The van der Waals surface area contributed by atoms with Crippen LogP contribution >= 0.6 is 0 Å². The van der Waals surface area contributed by atoms with Crippen LogP contribution in [0.15, 0.2) is 78.0 Å². The molecule has 0 atom stereocenters. The number of benzene rings is 1. The molecule has 1 N–H and O–H groups in total. The minimum Gasteiger partial charge on any atom is -0.502 e. The highest BCUT2D eigenvalue weighted by Crippen LogP contribution is 2.23. The fraction of sp³-hybridized carbons (Fsp3) is 0.208. The van der Waals surface area contributed by atoms with Gasteiger partial charge < -0.3 is 10.0 Å². The van der Waals surface area contributed by atoms with Crippen molar-refractivity contribution in [3.05, 3.63) is 106 Å². The third-order valence-electron chi connectivity index (χ3n) is 5.34. The van der Waals surface area contributed by atoms with Crippen molar-refractivity contribution in [2.24, 2.45) is 0 Å². The lowest BCUT2D eigenvalue weighted by molar-refractivity contribution is 0.0706. The van der Waals surface area contributed by atoms with Gasteiger partial charge in [-0.2, -0.15) is 0 Å². The predicted octanol–water partition coefficient (Wildman–Crippen LogP) is 2.83. The van der Waals surface area contributed by atoms with E-state index in [0.717, 1.165) is 17.5 Å². The number of halogens is 1. The monoisotopic (exact) mass is 434 g/mol. The van der Waals surface area contributed by atoms with Crippen LogP contribution in [0, 0.1) is 5.82 Å². The molecule has 164 valence electrons. The number of hydrogen-bond acceptors (Lipinski definition) is 5. The molecule has 0 saturated heterocycles. The number of fused-ring (bicyclic) bond motifs is 5. The number of carbonyl (C=O) groups is 1. The van der Waals surface area contributed by atoms with Crippen molar-refractivity contribution in [1.29, 1.82) is 0 Å². The van der Waals surface area contributed by atoms with E-state index in [1.807, 2.05) is 35.4 Å². The van der Waals surface area contributed by atoms with Crippen LogP contribution in [0.3, 0.4) is 0 Å². The zero-order chi connectivity index (χ0) is 22.5. The fourth-order valence-electron chi connectivity index (χ4n) is 3.75. The molecule has 4 heterocycles. The summed E-state index contributed by atoms with van der Waals surface area (Å²) in [6.45, 7) is 1.10. The molecule has 3 aromatic rings. The van der Waals surface area contributed by atoms with Gasteiger partial charge >= 0.3 is 0 Å². The van der Waals surface area contributed by atoms with Crippen molar-refractivity contribution in [3.63, 3.8) is 0 Å². The van der Waals surface area contributed by atoms with Gasteiger partial charge in [0, 0.05) is 31.2 Å². The molecule has 2 bridgehead atoms. The Morgan fingerprint density at radius 3 is 2.53 bits per heavy atom. The Labute approximate surface area is 184 Å². The van der Waals surface area contributed by atoms with Crippen LogP contribution in [0.5, 0.6) is 5.75 Å². The van der Waals surface area contributed by atoms with Gasteiger partial charge in [-0.05, 0) is 48.2 Å². The van der Waals surface area contributed by atoms with Gasteiger partial charge in [-0.25, -0.2) is 4.39 Å². The molecule has 7 nitrogen and oxygen atoms in total. The maximum atomic E-state index is 13.7. The minimum absolute atomic E-state index is 0.0416. The summed E-state index contributed by atoms with van der Waals surface area (Å²) in [5, 5.41) is 12.0. The molecular formula is C24H23FN4O3. The highest BCUT2D eigenvalue weighted by Gasteiger charge is 2.32. The number of aryl methyl sites for hydroxylation is 1. The average Bonchev–Trinajstić information content (AvgIpc) is 2.84. The van der Waals surface area contributed by atoms with Gasteiger partial charge in [-0.3, -0.25) is 24.3 Å². The highest BCUT2D eigenvalue weighted by atomic mass is 19.1. The first-order valence-corrected chi connectivity index (χ1v) is 10.3.